The number of ketones is 1. The highest BCUT2D eigenvalue weighted by Gasteiger charge is 2.48. The van der Waals surface area contributed by atoms with Gasteiger partial charge in [-0.3, -0.25) is 4.79 Å². The number of epoxide rings is 1. The summed E-state index contributed by atoms with van der Waals surface area (Å²) in [4.78, 5) is 11.8. The number of allylic oxidation sites excluding steroid dienone is 1. The Morgan fingerprint density at radius 1 is 1.67 bits per heavy atom. The van der Waals surface area contributed by atoms with Gasteiger partial charge in [0.25, 0.3) is 0 Å². The molecule has 0 radical (unpaired) electrons. The number of nitrogens with two attached hydrogens (primary N) is 1. The van der Waals surface area contributed by atoms with Gasteiger partial charge in [0, 0.05) is 0 Å². The summed E-state index contributed by atoms with van der Waals surface area (Å²) in [6, 6.07) is -0.373. The highest BCUT2D eigenvalue weighted by molar-refractivity contribution is 5.93. The molecule has 2 atom stereocenters. The second-order valence-corrected chi connectivity index (χ2v) is 4.80. The zero-order valence-electron chi connectivity index (χ0n) is 9.29. The Bertz CT molecular complexity index is 292. The topological polar surface area (TPSA) is 55.6 Å². The fraction of sp³-hybridized carbons (Fsp3) is 0.750. The molecule has 1 aliphatic heterocycles. The fourth-order valence-electron chi connectivity index (χ4n) is 2.11. The number of Topliss-reactive ketones (excluding diaryl/α,β-unsaturated/α-hetero) is 1. The second kappa shape index (κ2) is 4.06. The number of carbonyl (C=O) groups excluding carboxylic acids is 1. The molecule has 0 amide bonds. The van der Waals surface area contributed by atoms with Crippen LogP contribution in [0.15, 0.2) is 11.6 Å². The van der Waals surface area contributed by atoms with Crippen molar-refractivity contribution in [1.29, 1.82) is 0 Å². The molecule has 0 aromatic heterocycles. The van der Waals surface area contributed by atoms with Crippen molar-refractivity contribution >= 4 is 5.78 Å². The predicted octanol–water partition coefficient (Wildman–Crippen LogP) is 1.56. The van der Waals surface area contributed by atoms with Gasteiger partial charge >= 0.3 is 0 Å². The third-order valence-corrected chi connectivity index (χ3v) is 3.30. The summed E-state index contributed by atoms with van der Waals surface area (Å²) in [7, 11) is 0. The van der Waals surface area contributed by atoms with Crippen molar-refractivity contribution in [3.63, 3.8) is 0 Å². The van der Waals surface area contributed by atoms with Gasteiger partial charge < -0.3 is 10.5 Å². The van der Waals surface area contributed by atoms with E-state index in [2.05, 4.69) is 6.08 Å². The molecular weight excluding hydrogens is 190 g/mol. The van der Waals surface area contributed by atoms with Gasteiger partial charge in [0.2, 0.25) is 0 Å². The van der Waals surface area contributed by atoms with E-state index in [1.165, 1.54) is 18.4 Å². The van der Waals surface area contributed by atoms with Crippen LogP contribution in [0.2, 0.25) is 0 Å². The standard InChI is InChI=1S/C12H19NO2/c1-12(8-15-12)11(14)10(13)7-9-5-3-2-4-6-9/h5,10H,2-4,6-8,13H2,1H3/t10-,12-/m0/s1. The Kier molecular flexibility index (Phi) is 2.94. The van der Waals surface area contributed by atoms with E-state index in [9.17, 15) is 4.79 Å². The van der Waals surface area contributed by atoms with Gasteiger partial charge in [-0.15, -0.1) is 0 Å². The Balaban J connectivity index is 1.88. The van der Waals surface area contributed by atoms with Crippen molar-refractivity contribution in [1.82, 2.24) is 0 Å². The molecule has 15 heavy (non-hydrogen) atoms. The van der Waals surface area contributed by atoms with Crippen LogP contribution in [0.25, 0.3) is 0 Å². The molecule has 0 spiro atoms. The van der Waals surface area contributed by atoms with Crippen molar-refractivity contribution < 1.29 is 9.53 Å². The predicted molar refractivity (Wildman–Crippen MR) is 58.5 cm³/mol. The fourth-order valence-corrected chi connectivity index (χ4v) is 2.11. The summed E-state index contributed by atoms with van der Waals surface area (Å²) in [6.45, 7) is 2.36. The molecule has 1 aliphatic carbocycles. The highest BCUT2D eigenvalue weighted by Crippen LogP contribution is 2.30. The summed E-state index contributed by atoms with van der Waals surface area (Å²) in [5.41, 5.74) is 6.70. The lowest BCUT2D eigenvalue weighted by Crippen LogP contribution is -2.39. The van der Waals surface area contributed by atoms with Gasteiger partial charge in [-0.2, -0.15) is 0 Å². The number of rotatable bonds is 4. The van der Waals surface area contributed by atoms with Crippen molar-refractivity contribution in [2.75, 3.05) is 6.61 Å². The van der Waals surface area contributed by atoms with Crippen LogP contribution < -0.4 is 5.73 Å². The van der Waals surface area contributed by atoms with Gasteiger partial charge in [0.15, 0.2) is 5.78 Å². The van der Waals surface area contributed by atoms with Crippen LogP contribution in [0.1, 0.15) is 39.0 Å². The quantitative estimate of drug-likeness (QED) is 0.564. The van der Waals surface area contributed by atoms with Crippen LogP contribution in [-0.2, 0) is 9.53 Å². The van der Waals surface area contributed by atoms with E-state index in [1.54, 1.807) is 0 Å². The molecule has 0 saturated carbocycles. The maximum atomic E-state index is 11.8. The summed E-state index contributed by atoms with van der Waals surface area (Å²) < 4.78 is 5.12. The molecule has 1 saturated heterocycles. The molecule has 0 aromatic carbocycles. The summed E-state index contributed by atoms with van der Waals surface area (Å²) in [6.07, 6.45) is 7.72. The van der Waals surface area contributed by atoms with Gasteiger partial charge in [0.05, 0.1) is 12.6 Å². The lowest BCUT2D eigenvalue weighted by molar-refractivity contribution is -0.124. The van der Waals surface area contributed by atoms with Gasteiger partial charge in [-0.25, -0.2) is 0 Å². The molecule has 2 N–H and O–H groups in total. The van der Waals surface area contributed by atoms with Crippen molar-refractivity contribution in [2.45, 2.75) is 50.7 Å². The number of hydrogen-bond acceptors (Lipinski definition) is 3. The first-order chi connectivity index (χ1) is 7.12. The third kappa shape index (κ3) is 2.47. The molecular formula is C12H19NO2. The van der Waals surface area contributed by atoms with E-state index in [-0.39, 0.29) is 11.8 Å². The van der Waals surface area contributed by atoms with Gasteiger partial charge in [0.1, 0.15) is 5.60 Å². The number of ether oxygens (including phenoxy) is 1. The van der Waals surface area contributed by atoms with E-state index in [1.807, 2.05) is 6.92 Å². The van der Waals surface area contributed by atoms with E-state index in [4.69, 9.17) is 10.5 Å². The second-order valence-electron chi connectivity index (χ2n) is 4.80. The lowest BCUT2D eigenvalue weighted by atomic mass is 9.90. The van der Waals surface area contributed by atoms with Crippen molar-refractivity contribution in [2.24, 2.45) is 5.73 Å². The summed E-state index contributed by atoms with van der Waals surface area (Å²) in [5.74, 6) is 0.0639. The zero-order valence-corrected chi connectivity index (χ0v) is 9.29. The van der Waals surface area contributed by atoms with Crippen LogP contribution in [0.3, 0.4) is 0 Å². The first kappa shape index (κ1) is 10.8. The summed E-state index contributed by atoms with van der Waals surface area (Å²) >= 11 is 0. The first-order valence-corrected chi connectivity index (χ1v) is 5.73. The van der Waals surface area contributed by atoms with Crippen LogP contribution >= 0.6 is 0 Å². The first-order valence-electron chi connectivity index (χ1n) is 5.73. The largest absolute Gasteiger partial charge is 0.362 e. The van der Waals surface area contributed by atoms with E-state index in [0.29, 0.717) is 6.61 Å². The number of hydrogen-bond donors (Lipinski definition) is 1. The molecule has 2 rings (SSSR count). The Morgan fingerprint density at radius 2 is 2.40 bits per heavy atom. The molecule has 2 aliphatic rings. The van der Waals surface area contributed by atoms with Gasteiger partial charge in [-0.1, -0.05) is 11.6 Å². The van der Waals surface area contributed by atoms with Crippen LogP contribution in [0.5, 0.6) is 0 Å². The number of carbonyl (C=O) groups is 1. The monoisotopic (exact) mass is 209 g/mol. The minimum Gasteiger partial charge on any atom is -0.362 e. The SMILES string of the molecule is C[C@@]1(C(=O)[C@@H](N)CC2=CCCCC2)CO1. The maximum Gasteiger partial charge on any atom is 0.183 e. The maximum absolute atomic E-state index is 11.8. The Morgan fingerprint density at radius 3 is 2.93 bits per heavy atom. The van der Waals surface area contributed by atoms with E-state index < -0.39 is 5.60 Å². The molecule has 1 heterocycles. The van der Waals surface area contributed by atoms with Crippen LogP contribution in [0.4, 0.5) is 0 Å². The highest BCUT2D eigenvalue weighted by atomic mass is 16.6. The average molecular weight is 209 g/mol. The molecule has 0 bridgehead atoms. The summed E-state index contributed by atoms with van der Waals surface area (Å²) in [5, 5.41) is 0. The average Bonchev–Trinajstić information content (AvgIpc) is 2.98. The molecule has 84 valence electrons. The Labute approximate surface area is 90.7 Å². The molecule has 0 unspecified atom stereocenters. The lowest BCUT2D eigenvalue weighted by Gasteiger charge is -2.17. The normalized spacial score (nSPS) is 32.0. The third-order valence-electron chi connectivity index (χ3n) is 3.30. The Hall–Kier alpha value is -0.670. The molecule has 0 aromatic rings. The molecule has 1 fully saturated rings. The van der Waals surface area contributed by atoms with Crippen molar-refractivity contribution in [3.05, 3.63) is 11.6 Å². The zero-order chi connectivity index (χ0) is 10.9. The van der Waals surface area contributed by atoms with E-state index >= 15 is 0 Å². The molecule has 3 heteroatoms. The van der Waals surface area contributed by atoms with Gasteiger partial charge in [-0.05, 0) is 39.0 Å². The van der Waals surface area contributed by atoms with Crippen LogP contribution in [0, 0.1) is 0 Å². The minimum absolute atomic E-state index is 0.0639. The minimum atomic E-state index is -0.561. The van der Waals surface area contributed by atoms with Crippen molar-refractivity contribution in [3.8, 4) is 0 Å². The molecule has 3 nitrogen and oxygen atoms in total. The van der Waals surface area contributed by atoms with E-state index in [0.717, 1.165) is 19.3 Å². The smallest absolute Gasteiger partial charge is 0.183 e. The van der Waals surface area contributed by atoms with Crippen LogP contribution in [-0.4, -0.2) is 24.0 Å².